The maximum Gasteiger partial charge on any atom is 0.335 e. The Morgan fingerprint density at radius 2 is 1.68 bits per heavy atom. The lowest BCUT2D eigenvalue weighted by atomic mass is 10.1. The van der Waals surface area contributed by atoms with Gasteiger partial charge in [0.15, 0.2) is 11.5 Å². The van der Waals surface area contributed by atoms with Crippen molar-refractivity contribution >= 4 is 41.2 Å². The van der Waals surface area contributed by atoms with Crippen LogP contribution in [0.4, 0.5) is 10.5 Å². The van der Waals surface area contributed by atoms with E-state index in [1.807, 2.05) is 39.0 Å². The van der Waals surface area contributed by atoms with Crippen LogP contribution in [-0.4, -0.2) is 30.6 Å². The van der Waals surface area contributed by atoms with E-state index in [0.29, 0.717) is 34.4 Å². The van der Waals surface area contributed by atoms with Crippen LogP contribution in [0.1, 0.15) is 31.9 Å². The summed E-state index contributed by atoms with van der Waals surface area (Å²) in [6, 6.07) is 18.0. The van der Waals surface area contributed by atoms with Crippen molar-refractivity contribution in [2.45, 2.75) is 33.5 Å². The summed E-state index contributed by atoms with van der Waals surface area (Å²) in [6.45, 7) is 6.32. The maximum atomic E-state index is 13.3. The summed E-state index contributed by atoms with van der Waals surface area (Å²) in [5, 5.41) is 2.83. The van der Waals surface area contributed by atoms with Crippen LogP contribution in [-0.2, 0) is 16.2 Å². The molecule has 0 aliphatic carbocycles. The number of amides is 4. The standard InChI is InChI=1S/C29H27ClN2O6/c1-4-36-26-16-19(9-14-25(26)38-18(2)3)15-23-27(33)31-29(35)32(28(23)34)21-10-12-22(13-11-21)37-17-20-7-5-6-8-24(20)30/h5-16,18H,4,17H2,1-3H3,(H,31,33,35)/b23-15+. The fourth-order valence-corrected chi connectivity index (χ4v) is 3.95. The predicted molar refractivity (Wildman–Crippen MR) is 145 cm³/mol. The molecule has 0 atom stereocenters. The molecule has 1 aliphatic heterocycles. The molecule has 1 fully saturated rings. The van der Waals surface area contributed by atoms with E-state index in [0.717, 1.165) is 10.5 Å². The average Bonchev–Trinajstić information content (AvgIpc) is 2.88. The molecule has 3 aromatic carbocycles. The number of anilines is 1. The fraction of sp³-hybridized carbons (Fsp3) is 0.207. The van der Waals surface area contributed by atoms with Crippen LogP contribution >= 0.6 is 11.6 Å². The number of ether oxygens (including phenoxy) is 3. The second kappa shape index (κ2) is 11.8. The van der Waals surface area contributed by atoms with Crippen LogP contribution in [0.15, 0.2) is 72.3 Å². The number of benzene rings is 3. The summed E-state index contributed by atoms with van der Waals surface area (Å²) in [5.41, 5.74) is 1.46. The molecule has 1 heterocycles. The Balaban J connectivity index is 1.55. The minimum Gasteiger partial charge on any atom is -0.490 e. The molecular weight excluding hydrogens is 508 g/mol. The molecule has 0 saturated carbocycles. The topological polar surface area (TPSA) is 94.2 Å². The van der Waals surface area contributed by atoms with Crippen molar-refractivity contribution in [1.29, 1.82) is 0 Å². The Bertz CT molecular complexity index is 1380. The van der Waals surface area contributed by atoms with Crippen molar-refractivity contribution in [3.05, 3.63) is 88.5 Å². The van der Waals surface area contributed by atoms with E-state index in [-0.39, 0.29) is 24.0 Å². The molecule has 196 valence electrons. The van der Waals surface area contributed by atoms with E-state index in [9.17, 15) is 14.4 Å². The number of barbiturate groups is 1. The highest BCUT2D eigenvalue weighted by Crippen LogP contribution is 2.31. The van der Waals surface area contributed by atoms with Gasteiger partial charge in [-0.2, -0.15) is 0 Å². The third-order valence-corrected chi connectivity index (χ3v) is 5.86. The van der Waals surface area contributed by atoms with Crippen molar-refractivity contribution in [3.8, 4) is 17.2 Å². The molecule has 0 bridgehead atoms. The van der Waals surface area contributed by atoms with Gasteiger partial charge in [-0.1, -0.05) is 35.9 Å². The van der Waals surface area contributed by atoms with Crippen LogP contribution in [0, 0.1) is 0 Å². The minimum atomic E-state index is -0.836. The van der Waals surface area contributed by atoms with E-state index < -0.39 is 17.8 Å². The van der Waals surface area contributed by atoms with E-state index in [1.54, 1.807) is 48.5 Å². The van der Waals surface area contributed by atoms with E-state index in [2.05, 4.69) is 5.32 Å². The molecule has 0 aromatic heterocycles. The number of imide groups is 2. The number of rotatable bonds is 9. The summed E-state index contributed by atoms with van der Waals surface area (Å²) < 4.78 is 17.2. The average molecular weight is 535 g/mol. The second-order valence-corrected chi connectivity index (χ2v) is 9.04. The summed E-state index contributed by atoms with van der Waals surface area (Å²) in [4.78, 5) is 39.4. The Morgan fingerprint density at radius 1 is 0.947 bits per heavy atom. The van der Waals surface area contributed by atoms with E-state index >= 15 is 0 Å². The lowest BCUT2D eigenvalue weighted by molar-refractivity contribution is -0.122. The quantitative estimate of drug-likeness (QED) is 0.276. The molecule has 8 nitrogen and oxygen atoms in total. The third kappa shape index (κ3) is 6.15. The number of carbonyl (C=O) groups excluding carboxylic acids is 3. The van der Waals surface area contributed by atoms with E-state index in [4.69, 9.17) is 25.8 Å². The molecule has 38 heavy (non-hydrogen) atoms. The van der Waals surface area contributed by atoms with Gasteiger partial charge in [-0.25, -0.2) is 9.69 Å². The van der Waals surface area contributed by atoms with Gasteiger partial charge in [0.05, 0.1) is 18.4 Å². The first-order chi connectivity index (χ1) is 18.3. The Kier molecular flexibility index (Phi) is 8.33. The number of nitrogens with zero attached hydrogens (tertiary/aromatic N) is 1. The molecule has 4 amide bonds. The Hall–Kier alpha value is -4.30. The molecule has 0 radical (unpaired) electrons. The van der Waals surface area contributed by atoms with Gasteiger partial charge in [-0.05, 0) is 74.9 Å². The van der Waals surface area contributed by atoms with Gasteiger partial charge >= 0.3 is 6.03 Å². The predicted octanol–water partition coefficient (Wildman–Crippen LogP) is 5.77. The van der Waals surface area contributed by atoms with Crippen molar-refractivity contribution in [1.82, 2.24) is 5.32 Å². The minimum absolute atomic E-state index is 0.0587. The van der Waals surface area contributed by atoms with Gasteiger partial charge in [-0.3, -0.25) is 14.9 Å². The zero-order chi connectivity index (χ0) is 27.2. The summed E-state index contributed by atoms with van der Waals surface area (Å²) in [5.74, 6) is 0.0366. The van der Waals surface area contributed by atoms with Gasteiger partial charge in [0, 0.05) is 10.6 Å². The third-order valence-electron chi connectivity index (χ3n) is 5.49. The lowest BCUT2D eigenvalue weighted by Gasteiger charge is -2.26. The lowest BCUT2D eigenvalue weighted by Crippen LogP contribution is -2.54. The van der Waals surface area contributed by atoms with Crippen molar-refractivity contribution in [2.75, 3.05) is 11.5 Å². The molecule has 0 unspecified atom stereocenters. The molecule has 3 aromatic rings. The van der Waals surface area contributed by atoms with E-state index in [1.165, 1.54) is 6.08 Å². The van der Waals surface area contributed by atoms with Crippen LogP contribution in [0.5, 0.6) is 17.2 Å². The molecule has 0 spiro atoms. The van der Waals surface area contributed by atoms with Gasteiger partial charge < -0.3 is 14.2 Å². The molecule has 9 heteroatoms. The van der Waals surface area contributed by atoms with Crippen LogP contribution < -0.4 is 24.4 Å². The molecule has 1 aliphatic rings. The normalized spacial score (nSPS) is 14.6. The second-order valence-electron chi connectivity index (χ2n) is 8.64. The van der Waals surface area contributed by atoms with Gasteiger partial charge in [-0.15, -0.1) is 0 Å². The van der Waals surface area contributed by atoms with Crippen molar-refractivity contribution in [3.63, 3.8) is 0 Å². The molecule has 1 saturated heterocycles. The van der Waals surface area contributed by atoms with Gasteiger partial charge in [0.1, 0.15) is 17.9 Å². The largest absolute Gasteiger partial charge is 0.490 e. The summed E-state index contributed by atoms with van der Waals surface area (Å²) >= 11 is 6.17. The number of urea groups is 1. The molecular formula is C29H27ClN2O6. The first kappa shape index (κ1) is 26.8. The number of halogens is 1. The number of hydrogen-bond acceptors (Lipinski definition) is 6. The SMILES string of the molecule is CCOc1cc(/C=C2\C(=O)NC(=O)N(c3ccc(OCc4ccccc4Cl)cc3)C2=O)ccc1OC(C)C. The maximum absolute atomic E-state index is 13.3. The summed E-state index contributed by atoms with van der Waals surface area (Å²) in [7, 11) is 0. The van der Waals surface area contributed by atoms with Crippen LogP contribution in [0.3, 0.4) is 0 Å². The zero-order valence-corrected chi connectivity index (χ0v) is 22.0. The monoisotopic (exact) mass is 534 g/mol. The smallest absolute Gasteiger partial charge is 0.335 e. The number of hydrogen-bond donors (Lipinski definition) is 1. The van der Waals surface area contributed by atoms with Crippen molar-refractivity contribution in [2.24, 2.45) is 0 Å². The molecule has 4 rings (SSSR count). The van der Waals surface area contributed by atoms with Crippen LogP contribution in [0.2, 0.25) is 5.02 Å². The first-order valence-electron chi connectivity index (χ1n) is 12.1. The highest BCUT2D eigenvalue weighted by molar-refractivity contribution is 6.39. The van der Waals surface area contributed by atoms with Gasteiger partial charge in [0.2, 0.25) is 0 Å². The highest BCUT2D eigenvalue weighted by Gasteiger charge is 2.36. The van der Waals surface area contributed by atoms with Crippen LogP contribution in [0.25, 0.3) is 6.08 Å². The zero-order valence-electron chi connectivity index (χ0n) is 21.2. The first-order valence-corrected chi connectivity index (χ1v) is 12.5. The molecule has 1 N–H and O–H groups in total. The van der Waals surface area contributed by atoms with Crippen molar-refractivity contribution < 1.29 is 28.6 Å². The fourth-order valence-electron chi connectivity index (χ4n) is 3.76. The van der Waals surface area contributed by atoms with Gasteiger partial charge in [0.25, 0.3) is 11.8 Å². The summed E-state index contributed by atoms with van der Waals surface area (Å²) in [6.07, 6.45) is 1.36. The highest BCUT2D eigenvalue weighted by atomic mass is 35.5. The Labute approximate surface area is 225 Å². The number of carbonyl (C=O) groups is 3. The number of nitrogens with one attached hydrogen (secondary N) is 1. The Morgan fingerprint density at radius 3 is 2.37 bits per heavy atom.